The van der Waals surface area contributed by atoms with Crippen LogP contribution in [-0.2, 0) is 10.2 Å². The van der Waals surface area contributed by atoms with Gasteiger partial charge in [0, 0.05) is 18.8 Å². The Bertz CT molecular complexity index is 456. The number of carboxylic acid groups (broad SMARTS) is 1. The first-order valence-corrected chi connectivity index (χ1v) is 6.91. The fourth-order valence-electron chi connectivity index (χ4n) is 2.36. The van der Waals surface area contributed by atoms with Crippen LogP contribution in [-0.4, -0.2) is 24.2 Å². The van der Waals surface area contributed by atoms with Crippen molar-refractivity contribution in [3.63, 3.8) is 0 Å². The Labute approximate surface area is 115 Å². The van der Waals surface area contributed by atoms with E-state index in [1.54, 1.807) is 13.8 Å². The maximum absolute atomic E-state index is 11.2. The molecule has 0 aliphatic carbocycles. The van der Waals surface area contributed by atoms with E-state index in [1.807, 2.05) is 24.3 Å². The molecule has 0 unspecified atom stereocenters. The highest BCUT2D eigenvalue weighted by Gasteiger charge is 2.31. The number of aliphatic carboxylic acids is 1. The third-order valence-corrected chi connectivity index (χ3v) is 4.34. The summed E-state index contributed by atoms with van der Waals surface area (Å²) in [6.45, 7) is 10.2. The topological polar surface area (TPSA) is 40.5 Å². The van der Waals surface area contributed by atoms with Crippen molar-refractivity contribution in [3.05, 3.63) is 29.8 Å². The van der Waals surface area contributed by atoms with E-state index in [1.165, 1.54) is 5.69 Å². The molecule has 1 aromatic carbocycles. The molecule has 0 amide bonds. The van der Waals surface area contributed by atoms with Gasteiger partial charge in [-0.2, -0.15) is 0 Å². The maximum Gasteiger partial charge on any atom is 0.313 e. The second kappa shape index (κ2) is 4.87. The number of hydrogen-bond donors (Lipinski definition) is 1. The van der Waals surface area contributed by atoms with Gasteiger partial charge in [-0.25, -0.2) is 0 Å². The van der Waals surface area contributed by atoms with Crippen molar-refractivity contribution in [1.29, 1.82) is 0 Å². The number of hydrogen-bond acceptors (Lipinski definition) is 2. The Hall–Kier alpha value is -1.51. The number of anilines is 1. The smallest absolute Gasteiger partial charge is 0.313 e. The number of nitrogens with zero attached hydrogens (tertiary/aromatic N) is 1. The maximum atomic E-state index is 11.2. The lowest BCUT2D eigenvalue weighted by atomic mass is 9.84. The average molecular weight is 261 g/mol. The summed E-state index contributed by atoms with van der Waals surface area (Å²) in [5.41, 5.74) is 1.22. The molecule has 3 heteroatoms. The quantitative estimate of drug-likeness (QED) is 0.905. The first kappa shape index (κ1) is 13.9. The Morgan fingerprint density at radius 2 is 1.79 bits per heavy atom. The summed E-state index contributed by atoms with van der Waals surface area (Å²) in [6.07, 6.45) is 0. The van der Waals surface area contributed by atoms with Crippen LogP contribution >= 0.6 is 0 Å². The molecule has 19 heavy (non-hydrogen) atoms. The largest absolute Gasteiger partial charge is 0.481 e. The van der Waals surface area contributed by atoms with E-state index in [9.17, 15) is 9.90 Å². The van der Waals surface area contributed by atoms with Gasteiger partial charge >= 0.3 is 5.97 Å². The first-order chi connectivity index (χ1) is 8.82. The van der Waals surface area contributed by atoms with Crippen LogP contribution in [0.15, 0.2) is 24.3 Å². The summed E-state index contributed by atoms with van der Waals surface area (Å²) in [6, 6.07) is 7.95. The molecule has 0 radical (unpaired) electrons. The summed E-state index contributed by atoms with van der Waals surface area (Å²) in [4.78, 5) is 13.6. The highest BCUT2D eigenvalue weighted by atomic mass is 16.4. The molecule has 3 nitrogen and oxygen atoms in total. The molecular weight excluding hydrogens is 238 g/mol. The molecule has 0 atom stereocenters. The monoisotopic (exact) mass is 261 g/mol. The van der Waals surface area contributed by atoms with Crippen LogP contribution in [0.25, 0.3) is 0 Å². The van der Waals surface area contributed by atoms with Crippen molar-refractivity contribution in [2.45, 2.75) is 33.1 Å². The van der Waals surface area contributed by atoms with Crippen LogP contribution < -0.4 is 4.90 Å². The van der Waals surface area contributed by atoms with Crippen LogP contribution in [0.2, 0.25) is 0 Å². The molecule has 1 saturated heterocycles. The lowest BCUT2D eigenvalue weighted by Crippen LogP contribution is -2.49. The van der Waals surface area contributed by atoms with E-state index in [0.717, 1.165) is 30.5 Å². The number of carbonyl (C=O) groups is 1. The van der Waals surface area contributed by atoms with Gasteiger partial charge in [0.2, 0.25) is 0 Å². The van der Waals surface area contributed by atoms with Gasteiger partial charge in [0.25, 0.3) is 0 Å². The van der Waals surface area contributed by atoms with Gasteiger partial charge in [-0.15, -0.1) is 0 Å². The molecule has 0 saturated carbocycles. The number of rotatable bonds is 4. The van der Waals surface area contributed by atoms with Crippen LogP contribution in [0.4, 0.5) is 5.69 Å². The minimum absolute atomic E-state index is 0.737. The van der Waals surface area contributed by atoms with Gasteiger partial charge in [0.15, 0.2) is 0 Å². The van der Waals surface area contributed by atoms with Crippen LogP contribution in [0.1, 0.15) is 33.3 Å². The summed E-state index contributed by atoms with van der Waals surface area (Å²) >= 11 is 0. The Morgan fingerprint density at radius 3 is 2.21 bits per heavy atom. The van der Waals surface area contributed by atoms with Crippen molar-refractivity contribution in [1.82, 2.24) is 0 Å². The van der Waals surface area contributed by atoms with Crippen LogP contribution in [0.5, 0.6) is 0 Å². The van der Waals surface area contributed by atoms with Crippen LogP contribution in [0.3, 0.4) is 0 Å². The van der Waals surface area contributed by atoms with Crippen LogP contribution in [0, 0.1) is 11.8 Å². The molecule has 2 rings (SSSR count). The van der Waals surface area contributed by atoms with Gasteiger partial charge in [0.05, 0.1) is 5.41 Å². The Morgan fingerprint density at radius 1 is 1.26 bits per heavy atom. The average Bonchev–Trinajstić information content (AvgIpc) is 2.27. The minimum Gasteiger partial charge on any atom is -0.481 e. The first-order valence-electron chi connectivity index (χ1n) is 6.91. The van der Waals surface area contributed by atoms with E-state index < -0.39 is 11.4 Å². The molecule has 1 fully saturated rings. The zero-order chi connectivity index (χ0) is 14.2. The van der Waals surface area contributed by atoms with E-state index in [4.69, 9.17) is 0 Å². The SMILES string of the molecule is CC(C)C1CN(c2ccc(C(C)(C)C(=O)O)cc2)C1. The van der Waals surface area contributed by atoms with Gasteiger partial charge in [-0.05, 0) is 43.4 Å². The predicted octanol–water partition coefficient (Wildman–Crippen LogP) is 3.14. The van der Waals surface area contributed by atoms with E-state index in [0.29, 0.717) is 0 Å². The van der Waals surface area contributed by atoms with Gasteiger partial charge < -0.3 is 10.0 Å². The van der Waals surface area contributed by atoms with Crippen molar-refractivity contribution < 1.29 is 9.90 Å². The van der Waals surface area contributed by atoms with E-state index in [2.05, 4.69) is 18.7 Å². The van der Waals surface area contributed by atoms with Crippen molar-refractivity contribution in [3.8, 4) is 0 Å². The molecule has 1 aromatic rings. The predicted molar refractivity (Wildman–Crippen MR) is 77.6 cm³/mol. The number of carboxylic acids is 1. The molecule has 0 bridgehead atoms. The molecular formula is C16H23NO2. The van der Waals surface area contributed by atoms with E-state index >= 15 is 0 Å². The molecule has 1 aliphatic heterocycles. The number of benzene rings is 1. The fraction of sp³-hybridized carbons (Fsp3) is 0.562. The molecule has 1 aliphatic rings. The highest BCUT2D eigenvalue weighted by molar-refractivity contribution is 5.80. The Balaban J connectivity index is 2.06. The van der Waals surface area contributed by atoms with Gasteiger partial charge in [0.1, 0.15) is 0 Å². The van der Waals surface area contributed by atoms with Crippen molar-refractivity contribution in [2.75, 3.05) is 18.0 Å². The third-order valence-electron chi connectivity index (χ3n) is 4.34. The van der Waals surface area contributed by atoms with Crippen molar-refractivity contribution >= 4 is 11.7 Å². The van der Waals surface area contributed by atoms with Gasteiger partial charge in [-0.1, -0.05) is 26.0 Å². The highest BCUT2D eigenvalue weighted by Crippen LogP contribution is 2.31. The van der Waals surface area contributed by atoms with E-state index in [-0.39, 0.29) is 0 Å². The standard InChI is InChI=1S/C16H23NO2/c1-11(2)12-9-17(10-12)14-7-5-13(6-8-14)16(3,4)15(18)19/h5-8,11-12H,9-10H2,1-4H3,(H,18,19). The molecule has 0 spiro atoms. The summed E-state index contributed by atoms with van der Waals surface area (Å²) in [5, 5.41) is 9.22. The molecule has 104 valence electrons. The second-order valence-corrected chi connectivity index (χ2v) is 6.39. The lowest BCUT2D eigenvalue weighted by molar-refractivity contribution is -0.142. The minimum atomic E-state index is -0.825. The zero-order valence-corrected chi connectivity index (χ0v) is 12.2. The van der Waals surface area contributed by atoms with Gasteiger partial charge in [-0.3, -0.25) is 4.79 Å². The Kier molecular flexibility index (Phi) is 3.57. The second-order valence-electron chi connectivity index (χ2n) is 6.39. The normalized spacial score (nSPS) is 16.6. The van der Waals surface area contributed by atoms with Crippen molar-refractivity contribution in [2.24, 2.45) is 11.8 Å². The zero-order valence-electron chi connectivity index (χ0n) is 12.2. The summed E-state index contributed by atoms with van der Waals surface area (Å²) in [7, 11) is 0. The third kappa shape index (κ3) is 2.60. The molecule has 1 N–H and O–H groups in total. The summed E-state index contributed by atoms with van der Waals surface area (Å²) < 4.78 is 0. The fourth-order valence-corrected chi connectivity index (χ4v) is 2.36. The molecule has 0 aromatic heterocycles. The molecule has 1 heterocycles. The lowest BCUT2D eigenvalue weighted by Gasteiger charge is -2.43. The summed E-state index contributed by atoms with van der Waals surface area (Å²) in [5.74, 6) is 0.737.